The Morgan fingerprint density at radius 1 is 0.322 bits per heavy atom. The number of carboxylic acids is 1. The number of hydrogen-bond donors (Lipinski definition) is 0. The van der Waals surface area contributed by atoms with E-state index in [4.69, 9.17) is 18.9 Å². The quantitative estimate of drug-likeness (QED) is 0.0195. The normalized spacial score (nSPS) is 12.6. The molecule has 0 saturated heterocycles. The van der Waals surface area contributed by atoms with Crippen molar-refractivity contribution in [3.8, 4) is 0 Å². The Morgan fingerprint density at radius 2 is 0.567 bits per heavy atom. The summed E-state index contributed by atoms with van der Waals surface area (Å²) in [6.07, 6.45) is 87.8. The molecule has 0 bridgehead atoms. The molecule has 0 aliphatic rings. The molecule has 534 valence electrons. The molecule has 0 aliphatic carbocycles. The van der Waals surface area contributed by atoms with Gasteiger partial charge in [-0.2, -0.15) is 0 Å². The fourth-order valence-corrected chi connectivity index (χ4v) is 12.6. The number of hydrogen-bond acceptors (Lipinski definition) is 8. The SMILES string of the molecule is CCCCCCCCCC/C=C\CCCCCCCCCCCCCCCCCCCCCC(=O)OC(COC(=O)CCCCCCCCCCCCCCCCCCCCCCCCCCCCCCCCCCCC)COC(OCC[N+](C)(C)C)C(=O)[O-]. The zero-order valence-corrected chi connectivity index (χ0v) is 61.3. The molecule has 0 heterocycles. The van der Waals surface area contributed by atoms with Gasteiger partial charge in [-0.1, -0.05) is 392 Å². The molecule has 0 spiro atoms. The number of carbonyl (C=O) groups excluding carboxylic acids is 3. The van der Waals surface area contributed by atoms with Crippen LogP contribution < -0.4 is 5.11 Å². The molecule has 0 radical (unpaired) electrons. The fourth-order valence-electron chi connectivity index (χ4n) is 12.6. The molecular formula is C81H157NO8. The van der Waals surface area contributed by atoms with Crippen LogP contribution in [0.5, 0.6) is 0 Å². The van der Waals surface area contributed by atoms with Gasteiger partial charge in [-0.25, -0.2) is 0 Å². The van der Waals surface area contributed by atoms with Gasteiger partial charge in [-0.05, 0) is 38.5 Å². The number of carboxylic acid groups (broad SMARTS) is 1. The number of carbonyl (C=O) groups is 3. The van der Waals surface area contributed by atoms with Crippen LogP contribution in [0.25, 0.3) is 0 Å². The number of allylic oxidation sites excluding steroid dienone is 2. The molecule has 2 atom stereocenters. The van der Waals surface area contributed by atoms with E-state index in [1.165, 1.54) is 366 Å². The van der Waals surface area contributed by atoms with Gasteiger partial charge in [0.1, 0.15) is 13.2 Å². The Kier molecular flexibility index (Phi) is 71.3. The first-order valence-corrected chi connectivity index (χ1v) is 40.3. The first kappa shape index (κ1) is 88.0. The standard InChI is InChI=1S/C81H157NO8/c1-6-8-10-12-14-16-18-20-22-24-26-28-30-32-34-36-38-39-40-42-43-45-47-49-51-53-55-57-59-61-63-65-67-69-71-78(83)88-75-77(76-89-81(80(85)86)87-74-73-82(3,4)5)90-79(84)72-70-68-66-64-62-60-58-56-54-52-50-48-46-44-41-37-35-33-31-29-27-25-23-21-19-17-15-13-11-9-7-2/h25,27,77,81H,6-24,26,28-76H2,1-5H3/b27-25-. The van der Waals surface area contributed by atoms with Crippen LogP contribution >= 0.6 is 0 Å². The number of unbranched alkanes of at least 4 members (excludes halogenated alkanes) is 60. The zero-order chi connectivity index (χ0) is 65.4. The summed E-state index contributed by atoms with van der Waals surface area (Å²) >= 11 is 0. The highest BCUT2D eigenvalue weighted by Crippen LogP contribution is 2.20. The maximum Gasteiger partial charge on any atom is 0.306 e. The van der Waals surface area contributed by atoms with E-state index in [1.807, 2.05) is 21.1 Å². The summed E-state index contributed by atoms with van der Waals surface area (Å²) in [5.41, 5.74) is 0. The number of ether oxygens (including phenoxy) is 4. The van der Waals surface area contributed by atoms with Crippen LogP contribution in [0, 0.1) is 0 Å². The topological polar surface area (TPSA) is 111 Å². The van der Waals surface area contributed by atoms with E-state index in [2.05, 4.69) is 26.0 Å². The van der Waals surface area contributed by atoms with Crippen molar-refractivity contribution in [1.29, 1.82) is 0 Å². The molecule has 0 aromatic heterocycles. The molecule has 9 heteroatoms. The first-order chi connectivity index (χ1) is 44.1. The number of nitrogens with zero attached hydrogens (tertiary/aromatic N) is 1. The minimum absolute atomic E-state index is 0.153. The third kappa shape index (κ3) is 73.4. The average Bonchev–Trinajstić information content (AvgIpc) is 3.63. The molecule has 0 fully saturated rings. The predicted octanol–water partition coefficient (Wildman–Crippen LogP) is 24.2. The number of aliphatic carboxylic acids is 1. The molecule has 0 aliphatic heterocycles. The van der Waals surface area contributed by atoms with Gasteiger partial charge in [0.2, 0.25) is 0 Å². The van der Waals surface area contributed by atoms with Crippen molar-refractivity contribution in [3.63, 3.8) is 0 Å². The van der Waals surface area contributed by atoms with E-state index in [0.717, 1.165) is 38.5 Å². The Hall–Kier alpha value is -1.97. The monoisotopic (exact) mass is 1270 g/mol. The zero-order valence-electron chi connectivity index (χ0n) is 61.3. The maximum absolute atomic E-state index is 13.0. The second-order valence-corrected chi connectivity index (χ2v) is 29.1. The molecule has 0 N–H and O–H groups in total. The van der Waals surface area contributed by atoms with E-state index in [1.54, 1.807) is 0 Å². The fraction of sp³-hybridized carbons (Fsp3) is 0.938. The van der Waals surface area contributed by atoms with Crippen LogP contribution in [0.1, 0.15) is 431 Å². The van der Waals surface area contributed by atoms with Crippen molar-refractivity contribution in [2.24, 2.45) is 0 Å². The summed E-state index contributed by atoms with van der Waals surface area (Å²) < 4.78 is 22.9. The highest BCUT2D eigenvalue weighted by atomic mass is 16.7. The average molecular weight is 1270 g/mol. The second kappa shape index (κ2) is 72.9. The van der Waals surface area contributed by atoms with Crippen LogP contribution in [-0.4, -0.2) is 82.3 Å². The third-order valence-corrected chi connectivity index (χ3v) is 18.8. The van der Waals surface area contributed by atoms with Gasteiger partial charge in [-0.15, -0.1) is 0 Å². The summed E-state index contributed by atoms with van der Waals surface area (Å²) in [5, 5.41) is 11.9. The summed E-state index contributed by atoms with van der Waals surface area (Å²) in [4.78, 5) is 37.6. The number of rotatable bonds is 77. The minimum Gasteiger partial charge on any atom is -0.545 e. The van der Waals surface area contributed by atoms with Crippen LogP contribution in [0.4, 0.5) is 0 Å². The highest BCUT2D eigenvalue weighted by molar-refractivity contribution is 5.70. The molecule has 0 rings (SSSR count). The minimum atomic E-state index is -1.62. The summed E-state index contributed by atoms with van der Waals surface area (Å²) in [6.45, 7) is 4.85. The summed E-state index contributed by atoms with van der Waals surface area (Å²) in [6, 6.07) is 0. The largest absolute Gasteiger partial charge is 0.545 e. The smallest absolute Gasteiger partial charge is 0.306 e. The predicted molar refractivity (Wildman–Crippen MR) is 385 cm³/mol. The van der Waals surface area contributed by atoms with Gasteiger partial charge >= 0.3 is 11.9 Å². The molecule has 9 nitrogen and oxygen atoms in total. The molecule has 0 aromatic rings. The van der Waals surface area contributed by atoms with Gasteiger partial charge in [0.15, 0.2) is 12.4 Å². The lowest BCUT2D eigenvalue weighted by molar-refractivity contribution is -0.870. The third-order valence-electron chi connectivity index (χ3n) is 18.8. The molecule has 2 unspecified atom stereocenters. The van der Waals surface area contributed by atoms with Gasteiger partial charge in [0.05, 0.1) is 40.3 Å². The molecular weight excluding hydrogens is 1110 g/mol. The molecule has 0 aromatic carbocycles. The maximum atomic E-state index is 13.0. The number of likely N-dealkylation sites (N-methyl/N-ethyl adjacent to an activating group) is 1. The van der Waals surface area contributed by atoms with Crippen LogP contribution in [0.3, 0.4) is 0 Å². The van der Waals surface area contributed by atoms with E-state index in [0.29, 0.717) is 17.4 Å². The second-order valence-electron chi connectivity index (χ2n) is 29.1. The van der Waals surface area contributed by atoms with Crippen LogP contribution in [0.2, 0.25) is 0 Å². The van der Waals surface area contributed by atoms with Gasteiger partial charge < -0.3 is 33.3 Å². The molecule has 90 heavy (non-hydrogen) atoms. The number of esters is 2. The Labute approximate surface area is 561 Å². The Balaban J connectivity index is 3.95. The van der Waals surface area contributed by atoms with Crippen molar-refractivity contribution in [1.82, 2.24) is 0 Å². The van der Waals surface area contributed by atoms with Crippen molar-refractivity contribution in [3.05, 3.63) is 12.2 Å². The van der Waals surface area contributed by atoms with Crippen molar-refractivity contribution in [2.75, 3.05) is 47.5 Å². The number of quaternary nitrogens is 1. The van der Waals surface area contributed by atoms with Crippen molar-refractivity contribution in [2.45, 2.75) is 444 Å². The van der Waals surface area contributed by atoms with Crippen molar-refractivity contribution < 1.29 is 42.9 Å². The lowest BCUT2D eigenvalue weighted by atomic mass is 10.0. The molecule has 0 amide bonds. The van der Waals surface area contributed by atoms with Gasteiger partial charge in [0.25, 0.3) is 0 Å². The summed E-state index contributed by atoms with van der Waals surface area (Å²) in [7, 11) is 5.96. The van der Waals surface area contributed by atoms with Gasteiger partial charge in [-0.3, -0.25) is 9.59 Å². The summed E-state index contributed by atoms with van der Waals surface area (Å²) in [5.74, 6) is -2.24. The van der Waals surface area contributed by atoms with Crippen LogP contribution in [0.15, 0.2) is 12.2 Å². The van der Waals surface area contributed by atoms with E-state index in [-0.39, 0.29) is 32.2 Å². The van der Waals surface area contributed by atoms with E-state index < -0.39 is 24.3 Å². The Morgan fingerprint density at radius 3 is 0.822 bits per heavy atom. The lowest BCUT2D eigenvalue weighted by Gasteiger charge is -2.26. The highest BCUT2D eigenvalue weighted by Gasteiger charge is 2.22. The molecule has 0 saturated carbocycles. The van der Waals surface area contributed by atoms with Crippen molar-refractivity contribution >= 4 is 17.9 Å². The Bertz CT molecular complexity index is 1480. The first-order valence-electron chi connectivity index (χ1n) is 40.3. The van der Waals surface area contributed by atoms with Crippen LogP contribution in [-0.2, 0) is 33.3 Å². The van der Waals surface area contributed by atoms with E-state index in [9.17, 15) is 19.5 Å². The van der Waals surface area contributed by atoms with E-state index >= 15 is 0 Å². The van der Waals surface area contributed by atoms with Gasteiger partial charge in [0, 0.05) is 12.8 Å². The lowest BCUT2D eigenvalue weighted by Crippen LogP contribution is -2.44.